The first-order valence-electron chi connectivity index (χ1n) is 5.10. The highest BCUT2D eigenvalue weighted by molar-refractivity contribution is 5.97. The van der Waals surface area contributed by atoms with Crippen molar-refractivity contribution in [3.63, 3.8) is 0 Å². The van der Waals surface area contributed by atoms with Gasteiger partial charge in [0.1, 0.15) is 11.3 Å². The maximum atomic E-state index is 10.9. The van der Waals surface area contributed by atoms with Gasteiger partial charge in [-0.15, -0.1) is 0 Å². The number of benzene rings is 2. The molecule has 3 nitrogen and oxygen atoms in total. The Morgan fingerprint density at radius 3 is 2.56 bits per heavy atom. The minimum Gasteiger partial charge on any atom is -0.507 e. The molecule has 2 rings (SSSR count). The molecule has 0 radical (unpaired) electrons. The first-order valence-corrected chi connectivity index (χ1v) is 5.10. The van der Waals surface area contributed by atoms with Gasteiger partial charge in [0, 0.05) is 0 Å². The molecular formula is C13H12O3. The average molecular weight is 216 g/mol. The number of aromatic carboxylic acids is 1. The van der Waals surface area contributed by atoms with Crippen molar-refractivity contribution < 1.29 is 15.0 Å². The predicted molar refractivity (Wildman–Crippen MR) is 62.0 cm³/mol. The summed E-state index contributed by atoms with van der Waals surface area (Å²) in [6, 6.07) is 8.80. The normalized spacial score (nSPS) is 10.6. The van der Waals surface area contributed by atoms with Crippen LogP contribution in [0.2, 0.25) is 0 Å². The van der Waals surface area contributed by atoms with E-state index in [1.54, 1.807) is 0 Å². The predicted octanol–water partition coefficient (Wildman–Crippen LogP) is 2.81. The zero-order valence-electron chi connectivity index (χ0n) is 8.90. The van der Waals surface area contributed by atoms with Gasteiger partial charge in [-0.05, 0) is 34.9 Å². The summed E-state index contributed by atoms with van der Waals surface area (Å²) in [5.41, 5.74) is 1.09. The molecule has 0 saturated carbocycles. The number of rotatable bonds is 2. The van der Waals surface area contributed by atoms with E-state index in [1.165, 1.54) is 12.1 Å². The van der Waals surface area contributed by atoms with Crippen molar-refractivity contribution in [1.82, 2.24) is 0 Å². The summed E-state index contributed by atoms with van der Waals surface area (Å²) in [4.78, 5) is 10.9. The van der Waals surface area contributed by atoms with Crippen LogP contribution in [-0.4, -0.2) is 16.2 Å². The highest BCUT2D eigenvalue weighted by Gasteiger charge is 2.10. The van der Waals surface area contributed by atoms with E-state index < -0.39 is 5.97 Å². The Kier molecular flexibility index (Phi) is 2.52. The van der Waals surface area contributed by atoms with E-state index >= 15 is 0 Å². The molecule has 0 fully saturated rings. The number of hydrogen-bond donors (Lipinski definition) is 2. The molecule has 2 aromatic carbocycles. The van der Waals surface area contributed by atoms with Crippen LogP contribution in [0.25, 0.3) is 10.8 Å². The van der Waals surface area contributed by atoms with Gasteiger partial charge in [0.05, 0.1) is 0 Å². The first-order chi connectivity index (χ1) is 7.61. The van der Waals surface area contributed by atoms with E-state index in [2.05, 4.69) is 0 Å². The molecule has 0 aliphatic rings. The lowest BCUT2D eigenvalue weighted by atomic mass is 10.0. The summed E-state index contributed by atoms with van der Waals surface area (Å²) in [6.07, 6.45) is 0.902. The summed E-state index contributed by atoms with van der Waals surface area (Å²) >= 11 is 0. The molecule has 0 unspecified atom stereocenters. The molecular weight excluding hydrogens is 204 g/mol. The van der Waals surface area contributed by atoms with E-state index in [4.69, 9.17) is 5.11 Å². The summed E-state index contributed by atoms with van der Waals surface area (Å²) < 4.78 is 0. The Morgan fingerprint density at radius 1 is 1.19 bits per heavy atom. The second kappa shape index (κ2) is 3.85. The maximum Gasteiger partial charge on any atom is 0.339 e. The van der Waals surface area contributed by atoms with E-state index in [0.717, 1.165) is 22.8 Å². The fourth-order valence-corrected chi connectivity index (χ4v) is 1.73. The van der Waals surface area contributed by atoms with Crippen LogP contribution in [0.5, 0.6) is 5.75 Å². The topological polar surface area (TPSA) is 57.5 Å². The van der Waals surface area contributed by atoms with Gasteiger partial charge < -0.3 is 10.2 Å². The number of fused-ring (bicyclic) bond motifs is 1. The molecule has 3 heteroatoms. The van der Waals surface area contributed by atoms with Crippen molar-refractivity contribution in [1.29, 1.82) is 0 Å². The second-order valence-corrected chi connectivity index (χ2v) is 3.71. The summed E-state index contributed by atoms with van der Waals surface area (Å²) in [5.74, 6) is -1.30. The Balaban J connectivity index is 2.70. The first kappa shape index (κ1) is 10.5. The van der Waals surface area contributed by atoms with Gasteiger partial charge in [-0.2, -0.15) is 0 Å². The quantitative estimate of drug-likeness (QED) is 0.811. The number of aryl methyl sites for hydroxylation is 1. The van der Waals surface area contributed by atoms with Crippen molar-refractivity contribution >= 4 is 16.7 Å². The van der Waals surface area contributed by atoms with Crippen LogP contribution in [0.3, 0.4) is 0 Å². The number of aromatic hydroxyl groups is 1. The number of carbonyl (C=O) groups is 1. The zero-order chi connectivity index (χ0) is 11.7. The molecule has 0 bridgehead atoms. The van der Waals surface area contributed by atoms with Gasteiger partial charge in [0.25, 0.3) is 0 Å². The Labute approximate surface area is 93.0 Å². The van der Waals surface area contributed by atoms with Crippen molar-refractivity contribution in [2.45, 2.75) is 13.3 Å². The minimum absolute atomic E-state index is 0.0549. The standard InChI is InChI=1S/C13H12O3/c1-2-8-3-4-9-7-12(14)11(13(15)16)6-10(9)5-8/h3-7,14H,2H2,1H3,(H,15,16). The molecule has 82 valence electrons. The van der Waals surface area contributed by atoms with Crippen LogP contribution >= 0.6 is 0 Å². The molecule has 2 N–H and O–H groups in total. The Morgan fingerprint density at radius 2 is 1.94 bits per heavy atom. The average Bonchev–Trinajstić information content (AvgIpc) is 2.27. The molecule has 2 aromatic rings. The van der Waals surface area contributed by atoms with Gasteiger partial charge in [0.2, 0.25) is 0 Å². The van der Waals surface area contributed by atoms with Gasteiger partial charge in [0.15, 0.2) is 0 Å². The highest BCUT2D eigenvalue weighted by Crippen LogP contribution is 2.26. The molecule has 0 heterocycles. The van der Waals surface area contributed by atoms with Crippen LogP contribution in [0.1, 0.15) is 22.8 Å². The number of hydrogen-bond acceptors (Lipinski definition) is 2. The molecule has 0 atom stereocenters. The molecule has 16 heavy (non-hydrogen) atoms. The molecule has 0 spiro atoms. The fraction of sp³-hybridized carbons (Fsp3) is 0.154. The fourth-order valence-electron chi connectivity index (χ4n) is 1.73. The minimum atomic E-state index is -1.11. The van der Waals surface area contributed by atoms with E-state index in [0.29, 0.717) is 0 Å². The number of phenols is 1. The van der Waals surface area contributed by atoms with Crippen molar-refractivity contribution in [2.75, 3.05) is 0 Å². The van der Waals surface area contributed by atoms with Crippen LogP contribution in [0, 0.1) is 0 Å². The second-order valence-electron chi connectivity index (χ2n) is 3.71. The van der Waals surface area contributed by atoms with Crippen LogP contribution in [0.15, 0.2) is 30.3 Å². The number of carboxylic acid groups (broad SMARTS) is 1. The lowest BCUT2D eigenvalue weighted by Crippen LogP contribution is -1.96. The van der Waals surface area contributed by atoms with E-state index in [-0.39, 0.29) is 11.3 Å². The smallest absolute Gasteiger partial charge is 0.339 e. The van der Waals surface area contributed by atoms with Crippen LogP contribution in [0.4, 0.5) is 0 Å². The number of carboxylic acids is 1. The van der Waals surface area contributed by atoms with Gasteiger partial charge in [-0.1, -0.05) is 25.1 Å². The van der Waals surface area contributed by atoms with Crippen molar-refractivity contribution in [2.24, 2.45) is 0 Å². The molecule has 0 amide bonds. The molecule has 0 aliphatic carbocycles. The summed E-state index contributed by atoms with van der Waals surface area (Å²) in [5, 5.41) is 20.1. The Bertz CT molecular complexity index is 558. The third kappa shape index (κ3) is 1.72. The van der Waals surface area contributed by atoms with Gasteiger partial charge in [-0.25, -0.2) is 4.79 Å². The van der Waals surface area contributed by atoms with Crippen molar-refractivity contribution in [3.8, 4) is 5.75 Å². The summed E-state index contributed by atoms with van der Waals surface area (Å²) in [6.45, 7) is 2.04. The van der Waals surface area contributed by atoms with Crippen LogP contribution < -0.4 is 0 Å². The van der Waals surface area contributed by atoms with Gasteiger partial charge in [-0.3, -0.25) is 0 Å². The monoisotopic (exact) mass is 216 g/mol. The summed E-state index contributed by atoms with van der Waals surface area (Å²) in [7, 11) is 0. The third-order valence-electron chi connectivity index (χ3n) is 2.66. The van der Waals surface area contributed by atoms with E-state index in [1.807, 2.05) is 25.1 Å². The SMILES string of the molecule is CCc1ccc2cc(O)c(C(=O)O)cc2c1. The van der Waals surface area contributed by atoms with Crippen LogP contribution in [-0.2, 0) is 6.42 Å². The lowest BCUT2D eigenvalue weighted by Gasteiger charge is -2.05. The van der Waals surface area contributed by atoms with Gasteiger partial charge >= 0.3 is 5.97 Å². The maximum absolute atomic E-state index is 10.9. The van der Waals surface area contributed by atoms with Crippen molar-refractivity contribution in [3.05, 3.63) is 41.5 Å². The molecule has 0 aromatic heterocycles. The van der Waals surface area contributed by atoms with E-state index in [9.17, 15) is 9.90 Å². The molecule has 0 saturated heterocycles. The highest BCUT2D eigenvalue weighted by atomic mass is 16.4. The third-order valence-corrected chi connectivity index (χ3v) is 2.66. The molecule has 0 aliphatic heterocycles. The Hall–Kier alpha value is -2.03. The lowest BCUT2D eigenvalue weighted by molar-refractivity contribution is 0.0694. The zero-order valence-corrected chi connectivity index (χ0v) is 8.90. The largest absolute Gasteiger partial charge is 0.507 e.